The highest BCUT2D eigenvalue weighted by atomic mass is 15.1. The second-order valence-electron chi connectivity index (χ2n) is 5.90. The molecule has 2 heteroatoms. The van der Waals surface area contributed by atoms with E-state index in [0.29, 0.717) is 0 Å². The molecule has 0 radical (unpaired) electrons. The SMILES string of the molecule is C=C(CC(C)(C)N(C)C)c1cncc2ccccc12. The van der Waals surface area contributed by atoms with Crippen molar-refractivity contribution >= 4 is 16.3 Å². The van der Waals surface area contributed by atoms with Crippen LogP contribution in [-0.2, 0) is 0 Å². The van der Waals surface area contributed by atoms with Crippen LogP contribution in [0.2, 0.25) is 0 Å². The summed E-state index contributed by atoms with van der Waals surface area (Å²) in [4.78, 5) is 6.57. The Labute approximate surface area is 115 Å². The Bertz CT molecular complexity index is 592. The summed E-state index contributed by atoms with van der Waals surface area (Å²) < 4.78 is 0. The standard InChI is InChI=1S/C17H22N2/c1-13(10-17(2,3)19(4)5)16-12-18-11-14-8-6-7-9-15(14)16/h6-9,11-12H,1,10H2,2-5H3. The topological polar surface area (TPSA) is 16.1 Å². The first-order chi connectivity index (χ1) is 8.92. The first kappa shape index (κ1) is 13.8. The minimum atomic E-state index is 0.0913. The van der Waals surface area contributed by atoms with Crippen LogP contribution in [0.5, 0.6) is 0 Å². The molecule has 2 rings (SSSR count). The maximum atomic E-state index is 4.33. The Morgan fingerprint density at radius 3 is 2.58 bits per heavy atom. The third kappa shape index (κ3) is 2.85. The van der Waals surface area contributed by atoms with Crippen molar-refractivity contribution in [2.75, 3.05) is 14.1 Å². The molecule has 1 aromatic heterocycles. The monoisotopic (exact) mass is 254 g/mol. The predicted molar refractivity (Wildman–Crippen MR) is 83.2 cm³/mol. The van der Waals surface area contributed by atoms with Crippen LogP contribution in [0.1, 0.15) is 25.8 Å². The minimum Gasteiger partial charge on any atom is -0.304 e. The van der Waals surface area contributed by atoms with Gasteiger partial charge in [-0.15, -0.1) is 0 Å². The molecule has 0 aliphatic carbocycles. The Hall–Kier alpha value is -1.67. The molecule has 1 heterocycles. The van der Waals surface area contributed by atoms with Crippen LogP contribution in [0.15, 0.2) is 43.2 Å². The van der Waals surface area contributed by atoms with Gasteiger partial charge in [0, 0.05) is 28.9 Å². The second-order valence-corrected chi connectivity index (χ2v) is 5.90. The lowest BCUT2D eigenvalue weighted by Gasteiger charge is -2.33. The number of fused-ring (bicyclic) bond motifs is 1. The summed E-state index contributed by atoms with van der Waals surface area (Å²) in [5, 5.41) is 2.40. The van der Waals surface area contributed by atoms with Crippen molar-refractivity contribution in [3.05, 3.63) is 48.8 Å². The fourth-order valence-electron chi connectivity index (χ4n) is 2.17. The van der Waals surface area contributed by atoms with E-state index in [1.54, 1.807) is 0 Å². The smallest absolute Gasteiger partial charge is 0.0349 e. The number of hydrogen-bond donors (Lipinski definition) is 0. The van der Waals surface area contributed by atoms with Gasteiger partial charge in [0.2, 0.25) is 0 Å². The average molecular weight is 254 g/mol. The van der Waals surface area contributed by atoms with E-state index in [4.69, 9.17) is 0 Å². The Kier molecular flexibility index (Phi) is 3.72. The molecule has 0 fully saturated rings. The maximum absolute atomic E-state index is 4.33. The van der Waals surface area contributed by atoms with Gasteiger partial charge in [-0.1, -0.05) is 30.8 Å². The molecule has 0 bridgehead atoms. The Balaban J connectivity index is 2.37. The molecule has 100 valence electrons. The van der Waals surface area contributed by atoms with Gasteiger partial charge in [0.05, 0.1) is 0 Å². The summed E-state index contributed by atoms with van der Waals surface area (Å²) in [6.07, 6.45) is 4.76. The van der Waals surface area contributed by atoms with Crippen molar-refractivity contribution in [1.29, 1.82) is 0 Å². The van der Waals surface area contributed by atoms with Gasteiger partial charge in [0.1, 0.15) is 0 Å². The van der Waals surface area contributed by atoms with Gasteiger partial charge >= 0.3 is 0 Å². The molecule has 19 heavy (non-hydrogen) atoms. The third-order valence-corrected chi connectivity index (χ3v) is 3.91. The van der Waals surface area contributed by atoms with E-state index in [0.717, 1.165) is 17.6 Å². The molecule has 0 N–H and O–H groups in total. The third-order valence-electron chi connectivity index (χ3n) is 3.91. The van der Waals surface area contributed by atoms with Crippen molar-refractivity contribution in [1.82, 2.24) is 9.88 Å². The number of rotatable bonds is 4. The lowest BCUT2D eigenvalue weighted by Crippen LogP contribution is -2.38. The van der Waals surface area contributed by atoms with Gasteiger partial charge in [0.15, 0.2) is 0 Å². The zero-order chi connectivity index (χ0) is 14.0. The Morgan fingerprint density at radius 2 is 1.89 bits per heavy atom. The van der Waals surface area contributed by atoms with Crippen molar-refractivity contribution in [2.45, 2.75) is 25.8 Å². The number of pyridine rings is 1. The fourth-order valence-corrected chi connectivity index (χ4v) is 2.17. The maximum Gasteiger partial charge on any atom is 0.0349 e. The van der Waals surface area contributed by atoms with Crippen LogP contribution in [-0.4, -0.2) is 29.5 Å². The highest BCUT2D eigenvalue weighted by Gasteiger charge is 2.22. The Morgan fingerprint density at radius 1 is 1.21 bits per heavy atom. The molecule has 0 unspecified atom stereocenters. The molecular weight excluding hydrogens is 232 g/mol. The van der Waals surface area contributed by atoms with E-state index >= 15 is 0 Å². The molecular formula is C17H22N2. The summed E-state index contributed by atoms with van der Waals surface area (Å²) in [5.74, 6) is 0. The number of nitrogens with zero attached hydrogens (tertiary/aromatic N) is 2. The van der Waals surface area contributed by atoms with Gasteiger partial charge in [-0.25, -0.2) is 0 Å². The molecule has 0 spiro atoms. The highest BCUT2D eigenvalue weighted by Crippen LogP contribution is 2.30. The summed E-state index contributed by atoms with van der Waals surface area (Å²) in [6.45, 7) is 8.74. The lowest BCUT2D eigenvalue weighted by atomic mass is 9.89. The molecule has 1 aromatic carbocycles. The van der Waals surface area contributed by atoms with Crippen molar-refractivity contribution in [3.63, 3.8) is 0 Å². The summed E-state index contributed by atoms with van der Waals surface area (Å²) in [7, 11) is 4.21. The van der Waals surface area contributed by atoms with Gasteiger partial charge in [-0.2, -0.15) is 0 Å². The predicted octanol–water partition coefficient (Wildman–Crippen LogP) is 3.98. The van der Waals surface area contributed by atoms with E-state index < -0.39 is 0 Å². The second kappa shape index (κ2) is 5.14. The highest BCUT2D eigenvalue weighted by molar-refractivity contribution is 5.92. The van der Waals surface area contributed by atoms with Crippen LogP contribution >= 0.6 is 0 Å². The summed E-state index contributed by atoms with van der Waals surface area (Å²) in [6, 6.07) is 8.34. The average Bonchev–Trinajstić information content (AvgIpc) is 2.37. The zero-order valence-corrected chi connectivity index (χ0v) is 12.3. The number of benzene rings is 1. The molecule has 0 aliphatic rings. The lowest BCUT2D eigenvalue weighted by molar-refractivity contribution is 0.201. The fraction of sp³-hybridized carbons (Fsp3) is 0.353. The van der Waals surface area contributed by atoms with Crippen LogP contribution < -0.4 is 0 Å². The number of hydrogen-bond acceptors (Lipinski definition) is 2. The normalized spacial score (nSPS) is 12.1. The number of aromatic nitrogens is 1. The molecule has 2 nitrogen and oxygen atoms in total. The molecule has 0 saturated heterocycles. The van der Waals surface area contributed by atoms with E-state index in [1.165, 1.54) is 10.8 Å². The van der Waals surface area contributed by atoms with E-state index in [-0.39, 0.29) is 5.54 Å². The molecule has 0 amide bonds. The van der Waals surface area contributed by atoms with Crippen molar-refractivity contribution in [3.8, 4) is 0 Å². The minimum absolute atomic E-state index is 0.0913. The molecule has 0 aliphatic heterocycles. The van der Waals surface area contributed by atoms with Gasteiger partial charge in [-0.05, 0) is 45.3 Å². The van der Waals surface area contributed by atoms with Crippen LogP contribution in [0.3, 0.4) is 0 Å². The van der Waals surface area contributed by atoms with E-state index in [2.05, 4.69) is 62.6 Å². The van der Waals surface area contributed by atoms with Crippen LogP contribution in [0.25, 0.3) is 16.3 Å². The van der Waals surface area contributed by atoms with Gasteiger partial charge in [-0.3, -0.25) is 4.98 Å². The summed E-state index contributed by atoms with van der Waals surface area (Å²) >= 11 is 0. The largest absolute Gasteiger partial charge is 0.304 e. The van der Waals surface area contributed by atoms with Gasteiger partial charge < -0.3 is 4.90 Å². The first-order valence-corrected chi connectivity index (χ1v) is 6.60. The van der Waals surface area contributed by atoms with E-state index in [1.807, 2.05) is 18.5 Å². The molecule has 2 aromatic rings. The quantitative estimate of drug-likeness (QED) is 0.820. The zero-order valence-electron chi connectivity index (χ0n) is 12.3. The van der Waals surface area contributed by atoms with Gasteiger partial charge in [0.25, 0.3) is 0 Å². The van der Waals surface area contributed by atoms with Crippen LogP contribution in [0.4, 0.5) is 0 Å². The molecule has 0 saturated carbocycles. The summed E-state index contributed by atoms with van der Waals surface area (Å²) in [5.41, 5.74) is 2.39. The van der Waals surface area contributed by atoms with Crippen molar-refractivity contribution < 1.29 is 0 Å². The van der Waals surface area contributed by atoms with E-state index in [9.17, 15) is 0 Å². The first-order valence-electron chi connectivity index (χ1n) is 6.60. The van der Waals surface area contributed by atoms with Crippen LogP contribution in [0, 0.1) is 0 Å². The molecule has 0 atom stereocenters. The van der Waals surface area contributed by atoms with Crippen molar-refractivity contribution in [2.24, 2.45) is 0 Å².